The van der Waals surface area contributed by atoms with Gasteiger partial charge in [-0.25, -0.2) is 8.42 Å². The Hall–Kier alpha value is -3.12. The summed E-state index contributed by atoms with van der Waals surface area (Å²) in [7, 11) is -2.42. The second-order valence-electron chi connectivity index (χ2n) is 9.16. The Morgan fingerprint density at radius 3 is 2.49 bits per heavy atom. The SMILES string of the molecule is CCOC(=O)[C@@H]1CCCN(C(=O)c2cn(C)nc2S(=O)(=O)N2CCN(c3ccccc3OCC)CC2)C1. The minimum atomic E-state index is -4.02. The summed E-state index contributed by atoms with van der Waals surface area (Å²) in [5.74, 6) is -0.420. The van der Waals surface area contributed by atoms with Gasteiger partial charge < -0.3 is 19.3 Å². The van der Waals surface area contributed by atoms with E-state index < -0.39 is 21.8 Å². The number of nitrogens with zero attached hydrogens (tertiary/aromatic N) is 5. The monoisotopic (exact) mass is 533 g/mol. The summed E-state index contributed by atoms with van der Waals surface area (Å²) in [6.07, 6.45) is 2.72. The molecular weight excluding hydrogens is 498 g/mol. The fourth-order valence-electron chi connectivity index (χ4n) is 4.88. The van der Waals surface area contributed by atoms with Crippen LogP contribution in [0.3, 0.4) is 0 Å². The molecular formula is C25H35N5O6S. The second kappa shape index (κ2) is 11.5. The molecule has 12 heteroatoms. The van der Waals surface area contributed by atoms with E-state index in [2.05, 4.69) is 10.00 Å². The zero-order chi connectivity index (χ0) is 26.6. The third-order valence-corrected chi connectivity index (χ3v) is 8.52. The maximum Gasteiger partial charge on any atom is 0.310 e. The van der Waals surface area contributed by atoms with Crippen molar-refractivity contribution in [1.29, 1.82) is 0 Å². The largest absolute Gasteiger partial charge is 0.492 e. The van der Waals surface area contributed by atoms with Gasteiger partial charge in [0.2, 0.25) is 5.03 Å². The highest BCUT2D eigenvalue weighted by Gasteiger charge is 2.37. The van der Waals surface area contributed by atoms with Crippen molar-refractivity contribution in [2.75, 3.05) is 57.4 Å². The molecule has 1 amide bonds. The maximum absolute atomic E-state index is 13.6. The molecule has 1 atom stereocenters. The Kier molecular flexibility index (Phi) is 8.38. The Labute approximate surface area is 218 Å². The number of rotatable bonds is 8. The van der Waals surface area contributed by atoms with Crippen LogP contribution in [0.15, 0.2) is 35.5 Å². The Bertz CT molecular complexity index is 1220. The van der Waals surface area contributed by atoms with Crippen molar-refractivity contribution in [2.24, 2.45) is 13.0 Å². The van der Waals surface area contributed by atoms with Gasteiger partial charge in [-0.3, -0.25) is 14.3 Å². The molecule has 2 saturated heterocycles. The molecule has 2 aromatic rings. The number of amides is 1. The van der Waals surface area contributed by atoms with Gasteiger partial charge in [0.05, 0.1) is 30.4 Å². The van der Waals surface area contributed by atoms with Gasteiger partial charge in [0.25, 0.3) is 15.9 Å². The van der Waals surface area contributed by atoms with Gasteiger partial charge in [0, 0.05) is 52.5 Å². The predicted octanol–water partition coefficient (Wildman–Crippen LogP) is 1.75. The fraction of sp³-hybridized carbons (Fsp3) is 0.560. The highest BCUT2D eigenvalue weighted by atomic mass is 32.2. The molecule has 1 aromatic carbocycles. The molecule has 0 radical (unpaired) electrons. The first kappa shape index (κ1) is 26.9. The molecule has 0 bridgehead atoms. The van der Waals surface area contributed by atoms with E-state index in [1.807, 2.05) is 31.2 Å². The lowest BCUT2D eigenvalue weighted by molar-refractivity contribution is -0.149. The number of ether oxygens (including phenoxy) is 2. The molecule has 0 unspecified atom stereocenters. The standard InChI is InChI=1S/C25H35N5O6S/c1-4-35-22-11-7-6-10-21(22)28-13-15-30(16-14-28)37(33,34)23-20(18-27(3)26-23)24(31)29-12-8-9-19(17-29)25(32)36-5-2/h6-7,10-11,18-19H,4-5,8-9,12-17H2,1-3H3/t19-/m1/s1. The number of likely N-dealkylation sites (tertiary alicyclic amines) is 1. The lowest BCUT2D eigenvalue weighted by Gasteiger charge is -2.36. The van der Waals surface area contributed by atoms with Crippen LogP contribution < -0.4 is 9.64 Å². The van der Waals surface area contributed by atoms with Gasteiger partial charge in [-0.05, 0) is 38.8 Å². The number of benzene rings is 1. The number of sulfonamides is 1. The number of anilines is 1. The summed E-state index contributed by atoms with van der Waals surface area (Å²) >= 11 is 0. The average molecular weight is 534 g/mol. The number of para-hydroxylation sites is 2. The summed E-state index contributed by atoms with van der Waals surface area (Å²) in [5, 5.41) is 3.94. The summed E-state index contributed by atoms with van der Waals surface area (Å²) in [4.78, 5) is 29.3. The third kappa shape index (κ3) is 5.74. The Balaban J connectivity index is 1.50. The zero-order valence-corrected chi connectivity index (χ0v) is 22.4. The number of hydrogen-bond donors (Lipinski definition) is 0. The van der Waals surface area contributed by atoms with Crippen LogP contribution >= 0.6 is 0 Å². The number of piperazine rings is 1. The molecule has 4 rings (SSSR count). The van der Waals surface area contributed by atoms with E-state index in [9.17, 15) is 18.0 Å². The van der Waals surface area contributed by atoms with Crippen molar-refractivity contribution in [3.8, 4) is 5.75 Å². The molecule has 202 valence electrons. The number of piperidine rings is 1. The van der Waals surface area contributed by atoms with Gasteiger partial charge >= 0.3 is 5.97 Å². The molecule has 0 aliphatic carbocycles. The molecule has 37 heavy (non-hydrogen) atoms. The first-order chi connectivity index (χ1) is 17.8. The van der Waals surface area contributed by atoms with Gasteiger partial charge in [-0.2, -0.15) is 9.40 Å². The minimum Gasteiger partial charge on any atom is -0.492 e. The van der Waals surface area contributed by atoms with Gasteiger partial charge in [0.1, 0.15) is 5.75 Å². The third-order valence-electron chi connectivity index (χ3n) is 6.68. The van der Waals surface area contributed by atoms with Crippen LogP contribution in [0.4, 0.5) is 5.69 Å². The number of carbonyl (C=O) groups is 2. The number of esters is 1. The Morgan fingerprint density at radius 1 is 1.05 bits per heavy atom. The van der Waals surface area contributed by atoms with Gasteiger partial charge in [-0.15, -0.1) is 0 Å². The van der Waals surface area contributed by atoms with Crippen molar-refractivity contribution in [1.82, 2.24) is 19.0 Å². The first-order valence-electron chi connectivity index (χ1n) is 12.7. The van der Waals surface area contributed by atoms with Crippen LogP contribution in [-0.4, -0.2) is 91.8 Å². The lowest BCUT2D eigenvalue weighted by atomic mass is 9.98. The van der Waals surface area contributed by atoms with E-state index in [0.717, 1.165) is 11.4 Å². The normalized spacial score (nSPS) is 19.1. The van der Waals surface area contributed by atoms with Crippen LogP contribution in [-0.2, 0) is 26.6 Å². The quantitative estimate of drug-likeness (QED) is 0.472. The van der Waals surface area contributed by atoms with Crippen molar-refractivity contribution in [2.45, 2.75) is 31.7 Å². The number of aromatic nitrogens is 2. The summed E-state index contributed by atoms with van der Waals surface area (Å²) < 4.78 is 40.9. The predicted molar refractivity (Wildman–Crippen MR) is 137 cm³/mol. The van der Waals surface area contributed by atoms with Crippen molar-refractivity contribution >= 4 is 27.6 Å². The van der Waals surface area contributed by atoms with Crippen molar-refractivity contribution in [3.63, 3.8) is 0 Å². The van der Waals surface area contributed by atoms with E-state index >= 15 is 0 Å². The molecule has 2 aliphatic heterocycles. The molecule has 3 heterocycles. The number of carbonyl (C=O) groups excluding carboxylic acids is 2. The van der Waals surface area contributed by atoms with E-state index in [0.29, 0.717) is 39.1 Å². The van der Waals surface area contributed by atoms with Crippen LogP contribution in [0.25, 0.3) is 0 Å². The highest BCUT2D eigenvalue weighted by molar-refractivity contribution is 7.89. The van der Waals surface area contributed by atoms with E-state index in [1.54, 1.807) is 14.0 Å². The topological polar surface area (TPSA) is 114 Å². The fourth-order valence-corrected chi connectivity index (χ4v) is 6.42. The van der Waals surface area contributed by atoms with Gasteiger partial charge in [-0.1, -0.05) is 12.1 Å². The van der Waals surface area contributed by atoms with Crippen LogP contribution in [0.2, 0.25) is 0 Å². The summed E-state index contributed by atoms with van der Waals surface area (Å²) in [5.41, 5.74) is 0.951. The molecule has 0 saturated carbocycles. The number of hydrogen-bond acceptors (Lipinski definition) is 8. The highest BCUT2D eigenvalue weighted by Crippen LogP contribution is 2.30. The van der Waals surface area contributed by atoms with E-state index in [1.165, 1.54) is 20.1 Å². The number of aryl methyl sites for hydroxylation is 1. The minimum absolute atomic E-state index is 0.0242. The molecule has 11 nitrogen and oxygen atoms in total. The molecule has 0 N–H and O–H groups in total. The van der Waals surface area contributed by atoms with Crippen LogP contribution in [0, 0.1) is 5.92 Å². The molecule has 1 aromatic heterocycles. The Morgan fingerprint density at radius 2 is 1.78 bits per heavy atom. The summed E-state index contributed by atoms with van der Waals surface area (Å²) in [6, 6.07) is 7.71. The van der Waals surface area contributed by atoms with Crippen LogP contribution in [0.1, 0.15) is 37.0 Å². The zero-order valence-electron chi connectivity index (χ0n) is 21.6. The van der Waals surface area contributed by atoms with Crippen molar-refractivity contribution < 1.29 is 27.5 Å². The smallest absolute Gasteiger partial charge is 0.310 e. The van der Waals surface area contributed by atoms with Crippen LogP contribution in [0.5, 0.6) is 5.75 Å². The molecule has 0 spiro atoms. The first-order valence-corrected chi connectivity index (χ1v) is 14.2. The molecule has 2 aliphatic rings. The average Bonchev–Trinajstić information content (AvgIpc) is 3.31. The van der Waals surface area contributed by atoms with Crippen molar-refractivity contribution in [3.05, 3.63) is 36.0 Å². The molecule has 2 fully saturated rings. The second-order valence-corrected chi connectivity index (χ2v) is 11.0. The van der Waals surface area contributed by atoms with E-state index in [-0.39, 0.29) is 42.8 Å². The van der Waals surface area contributed by atoms with E-state index in [4.69, 9.17) is 9.47 Å². The maximum atomic E-state index is 13.6. The summed E-state index contributed by atoms with van der Waals surface area (Å²) in [6.45, 7) is 6.59. The van der Waals surface area contributed by atoms with Gasteiger partial charge in [0.15, 0.2) is 0 Å². The lowest BCUT2D eigenvalue weighted by Crippen LogP contribution is -2.49.